The summed E-state index contributed by atoms with van der Waals surface area (Å²) in [6, 6.07) is 3.41. The Morgan fingerprint density at radius 3 is 2.41 bits per heavy atom. The quantitative estimate of drug-likeness (QED) is 0.490. The van der Waals surface area contributed by atoms with Crippen molar-refractivity contribution in [2.45, 2.75) is 39.7 Å². The maximum atomic E-state index is 12.2. The summed E-state index contributed by atoms with van der Waals surface area (Å²) in [5, 5.41) is 12.8. The number of hydrogen-bond acceptors (Lipinski definition) is 5. The van der Waals surface area contributed by atoms with Crippen LogP contribution in [0.15, 0.2) is 17.2 Å². The third-order valence-corrected chi connectivity index (χ3v) is 4.19. The van der Waals surface area contributed by atoms with Crippen molar-refractivity contribution in [2.75, 3.05) is 31.1 Å². The minimum Gasteiger partial charge on any atom is -0.481 e. The van der Waals surface area contributed by atoms with E-state index in [2.05, 4.69) is 14.9 Å². The number of carboxylic acid groups (broad SMARTS) is 1. The van der Waals surface area contributed by atoms with Crippen molar-refractivity contribution in [2.24, 2.45) is 5.11 Å². The molecule has 0 spiro atoms. The number of ether oxygens (including phenoxy) is 1. The molecule has 2 rings (SSSR count). The molecule has 9 heteroatoms. The van der Waals surface area contributed by atoms with Gasteiger partial charge < -0.3 is 19.6 Å². The van der Waals surface area contributed by atoms with Crippen molar-refractivity contribution in [1.29, 1.82) is 0 Å². The van der Waals surface area contributed by atoms with Crippen LogP contribution in [0.2, 0.25) is 0 Å². The highest BCUT2D eigenvalue weighted by molar-refractivity contribution is 5.74. The maximum Gasteiger partial charge on any atom is 0.410 e. The lowest BCUT2D eigenvalue weighted by molar-refractivity contribution is -0.136. The number of rotatable bonds is 4. The molecule has 1 heterocycles. The molecular formula is C18H25N5O4. The Balaban J connectivity index is 2.19. The second-order valence-corrected chi connectivity index (χ2v) is 7.47. The Morgan fingerprint density at radius 2 is 1.89 bits per heavy atom. The molecule has 0 bridgehead atoms. The molecule has 1 aliphatic rings. The number of nitrogens with zero attached hydrogens (tertiary/aromatic N) is 5. The van der Waals surface area contributed by atoms with E-state index in [1.54, 1.807) is 11.0 Å². The van der Waals surface area contributed by atoms with E-state index in [1.807, 2.05) is 33.8 Å². The molecule has 27 heavy (non-hydrogen) atoms. The molecule has 1 saturated heterocycles. The lowest BCUT2D eigenvalue weighted by Crippen LogP contribution is -2.50. The lowest BCUT2D eigenvalue weighted by atomic mass is 10.0. The molecule has 0 unspecified atom stereocenters. The summed E-state index contributed by atoms with van der Waals surface area (Å²) in [6.07, 6.45) is -0.493. The monoisotopic (exact) mass is 375 g/mol. The molecule has 0 aliphatic carbocycles. The molecule has 0 atom stereocenters. The van der Waals surface area contributed by atoms with Gasteiger partial charge in [-0.2, -0.15) is 0 Å². The Kier molecular flexibility index (Phi) is 6.17. The van der Waals surface area contributed by atoms with Crippen LogP contribution in [0.5, 0.6) is 0 Å². The molecule has 146 valence electrons. The second-order valence-electron chi connectivity index (χ2n) is 7.47. The Hall–Kier alpha value is -2.93. The standard InChI is InChI=1S/C18H25N5O4/c1-12-14(20-21-19)9-13(11-16(24)25)10-15(12)22-5-7-23(8-6-22)17(26)27-18(2,3)4/h9-10H,5-8,11H2,1-4H3,(H,24,25). The van der Waals surface area contributed by atoms with Gasteiger partial charge in [0.05, 0.1) is 6.42 Å². The maximum absolute atomic E-state index is 12.2. The predicted molar refractivity (Wildman–Crippen MR) is 101 cm³/mol. The van der Waals surface area contributed by atoms with E-state index in [4.69, 9.17) is 15.4 Å². The van der Waals surface area contributed by atoms with Crippen LogP contribution >= 0.6 is 0 Å². The number of azide groups is 1. The zero-order valence-corrected chi connectivity index (χ0v) is 16.1. The summed E-state index contributed by atoms with van der Waals surface area (Å²) >= 11 is 0. The fourth-order valence-electron chi connectivity index (χ4n) is 2.95. The van der Waals surface area contributed by atoms with Crippen molar-refractivity contribution in [3.8, 4) is 0 Å². The van der Waals surface area contributed by atoms with Crippen LogP contribution in [0.3, 0.4) is 0 Å². The van der Waals surface area contributed by atoms with Crippen molar-refractivity contribution < 1.29 is 19.4 Å². The minimum absolute atomic E-state index is 0.154. The number of benzene rings is 1. The largest absolute Gasteiger partial charge is 0.481 e. The van der Waals surface area contributed by atoms with Gasteiger partial charge in [-0.25, -0.2) is 4.79 Å². The Morgan fingerprint density at radius 1 is 1.26 bits per heavy atom. The van der Waals surface area contributed by atoms with Gasteiger partial charge in [0.25, 0.3) is 0 Å². The van der Waals surface area contributed by atoms with E-state index in [1.165, 1.54) is 0 Å². The number of hydrogen-bond donors (Lipinski definition) is 1. The molecule has 0 radical (unpaired) electrons. The van der Waals surface area contributed by atoms with Gasteiger partial charge in [-0.05, 0) is 56.5 Å². The van der Waals surface area contributed by atoms with Gasteiger partial charge in [0, 0.05) is 42.5 Å². The Bertz CT molecular complexity index is 773. The van der Waals surface area contributed by atoms with E-state index in [0.717, 1.165) is 11.3 Å². The molecule has 1 aromatic rings. The molecule has 9 nitrogen and oxygen atoms in total. The summed E-state index contributed by atoms with van der Waals surface area (Å²) in [5.41, 5.74) is 10.8. The van der Waals surface area contributed by atoms with Crippen LogP contribution in [0.1, 0.15) is 31.9 Å². The molecular weight excluding hydrogens is 350 g/mol. The summed E-state index contributed by atoms with van der Waals surface area (Å²) in [6.45, 7) is 9.46. The predicted octanol–water partition coefficient (Wildman–Crippen LogP) is 3.62. The van der Waals surface area contributed by atoms with Crippen molar-refractivity contribution >= 4 is 23.4 Å². The minimum atomic E-state index is -0.952. The fourth-order valence-corrected chi connectivity index (χ4v) is 2.95. The van der Waals surface area contributed by atoms with Gasteiger partial charge in [0.1, 0.15) is 5.60 Å². The van der Waals surface area contributed by atoms with Gasteiger partial charge in [0.2, 0.25) is 0 Å². The van der Waals surface area contributed by atoms with Crippen molar-refractivity contribution in [3.63, 3.8) is 0 Å². The normalized spacial score (nSPS) is 14.5. The average Bonchev–Trinajstić information content (AvgIpc) is 2.56. The number of aliphatic carboxylic acids is 1. The second kappa shape index (κ2) is 8.18. The molecule has 1 N–H and O–H groups in total. The fraction of sp³-hybridized carbons (Fsp3) is 0.556. The smallest absolute Gasteiger partial charge is 0.410 e. The van der Waals surface area contributed by atoms with Gasteiger partial charge in [-0.1, -0.05) is 5.11 Å². The van der Waals surface area contributed by atoms with Crippen LogP contribution in [-0.4, -0.2) is 53.8 Å². The number of anilines is 1. The third-order valence-electron chi connectivity index (χ3n) is 4.19. The van der Waals surface area contributed by atoms with Crippen LogP contribution in [0.25, 0.3) is 10.4 Å². The first-order valence-corrected chi connectivity index (χ1v) is 8.74. The number of amides is 1. The number of carbonyl (C=O) groups excluding carboxylic acids is 1. The van der Waals surface area contributed by atoms with Gasteiger partial charge in [0.15, 0.2) is 0 Å². The van der Waals surface area contributed by atoms with Crippen LogP contribution in [0, 0.1) is 6.92 Å². The first kappa shape index (κ1) is 20.4. The molecule has 1 aliphatic heterocycles. The van der Waals surface area contributed by atoms with Crippen molar-refractivity contribution in [3.05, 3.63) is 33.7 Å². The summed E-state index contributed by atoms with van der Waals surface area (Å²) in [7, 11) is 0. The SMILES string of the molecule is Cc1c(N=[N+]=[N-])cc(CC(=O)O)cc1N1CCN(C(=O)OC(C)(C)C)CC1. The molecule has 1 aromatic carbocycles. The number of carboxylic acids is 1. The average molecular weight is 375 g/mol. The van der Waals surface area contributed by atoms with E-state index < -0.39 is 11.6 Å². The first-order chi connectivity index (χ1) is 12.6. The van der Waals surface area contributed by atoms with Crippen LogP contribution in [0.4, 0.5) is 16.2 Å². The summed E-state index contributed by atoms with van der Waals surface area (Å²) in [4.78, 5) is 29.8. The molecule has 1 fully saturated rings. The first-order valence-electron chi connectivity index (χ1n) is 8.74. The molecule has 0 aromatic heterocycles. The van der Waals surface area contributed by atoms with E-state index in [-0.39, 0.29) is 12.5 Å². The highest BCUT2D eigenvalue weighted by Gasteiger charge is 2.27. The van der Waals surface area contributed by atoms with E-state index in [0.29, 0.717) is 37.4 Å². The van der Waals surface area contributed by atoms with Crippen LogP contribution in [-0.2, 0) is 16.0 Å². The van der Waals surface area contributed by atoms with Crippen LogP contribution < -0.4 is 4.90 Å². The van der Waals surface area contributed by atoms with Gasteiger partial charge in [-0.3, -0.25) is 4.79 Å². The van der Waals surface area contributed by atoms with E-state index in [9.17, 15) is 9.59 Å². The van der Waals surface area contributed by atoms with Gasteiger partial charge >= 0.3 is 12.1 Å². The lowest BCUT2D eigenvalue weighted by Gasteiger charge is -2.37. The topological polar surface area (TPSA) is 119 Å². The zero-order valence-electron chi connectivity index (χ0n) is 16.1. The third kappa shape index (κ3) is 5.52. The van der Waals surface area contributed by atoms with E-state index >= 15 is 0 Å². The number of piperazine rings is 1. The molecule has 0 saturated carbocycles. The zero-order chi connectivity index (χ0) is 20.2. The highest BCUT2D eigenvalue weighted by atomic mass is 16.6. The van der Waals surface area contributed by atoms with Gasteiger partial charge in [-0.15, -0.1) is 0 Å². The highest BCUT2D eigenvalue weighted by Crippen LogP contribution is 2.32. The van der Waals surface area contributed by atoms with Crippen molar-refractivity contribution in [1.82, 2.24) is 4.90 Å². The summed E-state index contributed by atoms with van der Waals surface area (Å²) < 4.78 is 5.40. The number of carbonyl (C=O) groups is 2. The molecule has 1 amide bonds. The Labute approximate surface area is 158 Å². The summed E-state index contributed by atoms with van der Waals surface area (Å²) in [5.74, 6) is -0.952.